The maximum absolute atomic E-state index is 10.8. The van der Waals surface area contributed by atoms with Gasteiger partial charge in [0.2, 0.25) is 5.91 Å². The highest BCUT2D eigenvalue weighted by molar-refractivity contribution is 9.10. The molecule has 0 saturated heterocycles. The van der Waals surface area contributed by atoms with Crippen molar-refractivity contribution >= 4 is 21.8 Å². The van der Waals surface area contributed by atoms with Crippen molar-refractivity contribution in [1.29, 1.82) is 5.41 Å². The van der Waals surface area contributed by atoms with Gasteiger partial charge in [-0.05, 0) is 28.1 Å². The van der Waals surface area contributed by atoms with E-state index in [1.165, 1.54) is 11.5 Å². The van der Waals surface area contributed by atoms with Crippen LogP contribution < -0.4 is 5.49 Å². The Balaban J connectivity index is 3.35. The van der Waals surface area contributed by atoms with E-state index < -0.39 is 0 Å². The molecule has 4 heteroatoms. The summed E-state index contributed by atoms with van der Waals surface area (Å²) in [6.45, 7) is 1.42. The van der Waals surface area contributed by atoms with Gasteiger partial charge in [0.1, 0.15) is 5.49 Å². The third kappa shape index (κ3) is 1.77. The van der Waals surface area contributed by atoms with E-state index in [1.807, 2.05) is 0 Å². The number of carbonyl (C=O) groups excluding carboxylic acids is 1. The van der Waals surface area contributed by atoms with Gasteiger partial charge in [-0.1, -0.05) is 0 Å². The van der Waals surface area contributed by atoms with Crippen LogP contribution in [-0.4, -0.2) is 10.5 Å². The molecule has 1 aromatic rings. The third-order valence-corrected chi connectivity index (χ3v) is 1.72. The highest BCUT2D eigenvalue weighted by Crippen LogP contribution is 2.04. The summed E-state index contributed by atoms with van der Waals surface area (Å²) < 4.78 is 2.06. The molecule has 0 aliphatic rings. The standard InChI is InChI=1S/C7H7BrN2O/c1-5(11)10-4-6(8)2-3-7(10)9/h2-4,9H,1H3. The maximum atomic E-state index is 10.8. The zero-order chi connectivity index (χ0) is 8.43. The van der Waals surface area contributed by atoms with Crippen LogP contribution in [0.5, 0.6) is 0 Å². The Morgan fingerprint density at radius 3 is 2.73 bits per heavy atom. The molecule has 1 rings (SSSR count). The smallest absolute Gasteiger partial charge is 0.229 e. The van der Waals surface area contributed by atoms with Crippen LogP contribution >= 0.6 is 15.9 Å². The lowest BCUT2D eigenvalue weighted by Crippen LogP contribution is -2.22. The molecule has 3 nitrogen and oxygen atoms in total. The second-order valence-corrected chi connectivity index (χ2v) is 3.04. The fourth-order valence-corrected chi connectivity index (χ4v) is 1.07. The first-order valence-electron chi connectivity index (χ1n) is 3.05. The van der Waals surface area contributed by atoms with Gasteiger partial charge in [-0.15, -0.1) is 0 Å². The van der Waals surface area contributed by atoms with Gasteiger partial charge < -0.3 is 0 Å². The van der Waals surface area contributed by atoms with Crippen LogP contribution in [0.1, 0.15) is 11.7 Å². The average molecular weight is 215 g/mol. The highest BCUT2D eigenvalue weighted by atomic mass is 79.9. The summed E-state index contributed by atoms with van der Waals surface area (Å²) in [6, 6.07) is 3.28. The van der Waals surface area contributed by atoms with Crippen LogP contribution in [-0.2, 0) is 0 Å². The summed E-state index contributed by atoms with van der Waals surface area (Å²) in [4.78, 5) is 10.8. The Morgan fingerprint density at radius 1 is 1.64 bits per heavy atom. The number of halogens is 1. The van der Waals surface area contributed by atoms with Crippen LogP contribution in [0.25, 0.3) is 0 Å². The van der Waals surface area contributed by atoms with E-state index in [9.17, 15) is 4.79 Å². The minimum atomic E-state index is -0.156. The molecule has 0 amide bonds. The van der Waals surface area contributed by atoms with Crippen molar-refractivity contribution in [2.45, 2.75) is 6.92 Å². The van der Waals surface area contributed by atoms with Gasteiger partial charge in [-0.2, -0.15) is 0 Å². The first-order valence-corrected chi connectivity index (χ1v) is 3.84. The lowest BCUT2D eigenvalue weighted by molar-refractivity contribution is 0.0930. The summed E-state index contributed by atoms with van der Waals surface area (Å²) in [5, 5.41) is 7.32. The monoisotopic (exact) mass is 214 g/mol. The number of aromatic nitrogens is 1. The summed E-state index contributed by atoms with van der Waals surface area (Å²) in [6.07, 6.45) is 1.57. The molecule has 0 saturated carbocycles. The fourth-order valence-electron chi connectivity index (χ4n) is 0.735. The predicted octanol–water partition coefficient (Wildman–Crippen LogP) is 1.39. The van der Waals surface area contributed by atoms with E-state index >= 15 is 0 Å². The largest absolute Gasteiger partial charge is 0.284 e. The van der Waals surface area contributed by atoms with Gasteiger partial charge in [-0.25, -0.2) is 0 Å². The zero-order valence-electron chi connectivity index (χ0n) is 5.97. The first-order chi connectivity index (χ1) is 5.11. The number of nitrogens with one attached hydrogen (secondary N) is 1. The lowest BCUT2D eigenvalue weighted by atomic mass is 10.4. The zero-order valence-corrected chi connectivity index (χ0v) is 7.55. The third-order valence-electron chi connectivity index (χ3n) is 1.25. The van der Waals surface area contributed by atoms with Gasteiger partial charge in [-0.3, -0.25) is 14.8 Å². The molecule has 0 aliphatic carbocycles. The Kier molecular flexibility index (Phi) is 2.24. The van der Waals surface area contributed by atoms with Crippen molar-refractivity contribution < 1.29 is 4.79 Å². The molecule has 0 unspecified atom stereocenters. The Labute approximate surface area is 72.3 Å². The van der Waals surface area contributed by atoms with Gasteiger partial charge >= 0.3 is 0 Å². The average Bonchev–Trinajstić information content (AvgIpc) is 1.94. The topological polar surface area (TPSA) is 45.9 Å². The molecule has 0 aliphatic heterocycles. The van der Waals surface area contributed by atoms with E-state index in [0.717, 1.165) is 4.47 Å². The molecule has 1 N–H and O–H groups in total. The maximum Gasteiger partial charge on any atom is 0.229 e. The van der Waals surface area contributed by atoms with E-state index in [4.69, 9.17) is 5.41 Å². The lowest BCUT2D eigenvalue weighted by Gasteiger charge is -2.00. The van der Waals surface area contributed by atoms with Crippen molar-refractivity contribution in [1.82, 2.24) is 4.57 Å². The number of pyridine rings is 1. The van der Waals surface area contributed by atoms with Crippen LogP contribution in [0.2, 0.25) is 0 Å². The van der Waals surface area contributed by atoms with Crippen molar-refractivity contribution in [3.63, 3.8) is 0 Å². The molecular weight excluding hydrogens is 208 g/mol. The molecule has 0 bridgehead atoms. The number of hydrogen-bond donors (Lipinski definition) is 1. The van der Waals surface area contributed by atoms with E-state index in [2.05, 4.69) is 15.9 Å². The van der Waals surface area contributed by atoms with Crippen molar-refractivity contribution in [3.05, 3.63) is 28.3 Å². The fraction of sp³-hybridized carbons (Fsp3) is 0.143. The normalized spacial score (nSPS) is 9.64. The number of hydrogen-bond acceptors (Lipinski definition) is 2. The minimum Gasteiger partial charge on any atom is -0.284 e. The SMILES string of the molecule is CC(=O)n1cc(Br)ccc1=N. The Bertz CT molecular complexity index is 343. The molecule has 1 aromatic heterocycles. The Hall–Kier alpha value is -0.900. The van der Waals surface area contributed by atoms with Gasteiger partial charge in [0.15, 0.2) is 0 Å². The van der Waals surface area contributed by atoms with Gasteiger partial charge in [0.25, 0.3) is 0 Å². The molecule has 11 heavy (non-hydrogen) atoms. The molecule has 0 atom stereocenters. The van der Waals surface area contributed by atoms with E-state index in [0.29, 0.717) is 0 Å². The molecule has 0 aromatic carbocycles. The summed E-state index contributed by atoms with van der Waals surface area (Å²) in [7, 11) is 0. The molecule has 0 fully saturated rings. The van der Waals surface area contributed by atoms with Crippen LogP contribution in [0.3, 0.4) is 0 Å². The number of carbonyl (C=O) groups is 1. The summed E-state index contributed by atoms with van der Waals surface area (Å²) >= 11 is 3.21. The van der Waals surface area contributed by atoms with Crippen molar-refractivity contribution in [2.24, 2.45) is 0 Å². The predicted molar refractivity (Wildman–Crippen MR) is 44.3 cm³/mol. The van der Waals surface area contributed by atoms with Gasteiger partial charge in [0.05, 0.1) is 0 Å². The number of nitrogens with zero attached hydrogens (tertiary/aromatic N) is 1. The molecular formula is C7H7BrN2O. The quantitative estimate of drug-likeness (QED) is 0.698. The molecule has 58 valence electrons. The van der Waals surface area contributed by atoms with E-state index in [1.54, 1.807) is 18.3 Å². The molecule has 1 heterocycles. The molecule has 0 radical (unpaired) electrons. The summed E-state index contributed by atoms with van der Waals surface area (Å²) in [5.74, 6) is -0.156. The highest BCUT2D eigenvalue weighted by Gasteiger charge is 1.96. The van der Waals surface area contributed by atoms with E-state index in [-0.39, 0.29) is 11.4 Å². The minimum absolute atomic E-state index is 0.156. The summed E-state index contributed by atoms with van der Waals surface area (Å²) in [5.41, 5.74) is 0.195. The second kappa shape index (κ2) is 3.00. The first kappa shape index (κ1) is 8.20. The Morgan fingerprint density at radius 2 is 2.27 bits per heavy atom. The van der Waals surface area contributed by atoms with Crippen molar-refractivity contribution in [3.8, 4) is 0 Å². The molecule has 0 spiro atoms. The number of rotatable bonds is 0. The van der Waals surface area contributed by atoms with Crippen LogP contribution in [0.4, 0.5) is 0 Å². The van der Waals surface area contributed by atoms with Crippen LogP contribution in [0.15, 0.2) is 22.8 Å². The van der Waals surface area contributed by atoms with Gasteiger partial charge in [0, 0.05) is 17.6 Å². The second-order valence-electron chi connectivity index (χ2n) is 2.12. The van der Waals surface area contributed by atoms with Crippen molar-refractivity contribution in [2.75, 3.05) is 0 Å². The van der Waals surface area contributed by atoms with Crippen LogP contribution in [0, 0.1) is 5.41 Å².